The van der Waals surface area contributed by atoms with Gasteiger partial charge in [-0.2, -0.15) is 0 Å². The molecule has 0 saturated carbocycles. The van der Waals surface area contributed by atoms with E-state index in [4.69, 9.17) is 9.47 Å². The molecule has 0 fully saturated rings. The van der Waals surface area contributed by atoms with E-state index in [0.29, 0.717) is 13.0 Å². The molecule has 1 amide bonds. The number of benzene rings is 2. The van der Waals surface area contributed by atoms with Crippen LogP contribution in [0, 0.1) is 0 Å². The van der Waals surface area contributed by atoms with Crippen LogP contribution in [0.2, 0.25) is 0 Å². The number of fused-ring (bicyclic) bond motifs is 1. The summed E-state index contributed by atoms with van der Waals surface area (Å²) in [6.45, 7) is 4.78. The van der Waals surface area contributed by atoms with Crippen molar-refractivity contribution >= 4 is 5.91 Å². The van der Waals surface area contributed by atoms with Crippen molar-refractivity contribution in [3.8, 4) is 11.5 Å². The Labute approximate surface area is 136 Å². The summed E-state index contributed by atoms with van der Waals surface area (Å²) in [5.41, 5.74) is 2.17. The molecule has 0 radical (unpaired) electrons. The summed E-state index contributed by atoms with van der Waals surface area (Å²) < 4.78 is 10.8. The molecule has 0 aromatic heterocycles. The lowest BCUT2D eigenvalue weighted by molar-refractivity contribution is -0.133. The van der Waals surface area contributed by atoms with E-state index in [-0.39, 0.29) is 18.7 Å². The smallest absolute Gasteiger partial charge is 0.231 e. The molecule has 1 heterocycles. The molecule has 0 bridgehead atoms. The minimum absolute atomic E-state index is 0.0223. The third kappa shape index (κ3) is 3.31. The average Bonchev–Trinajstić information content (AvgIpc) is 3.07. The Morgan fingerprint density at radius 3 is 2.61 bits per heavy atom. The SMILES string of the molecule is CCC(=O)N(Cc1ccc2c(c1)OCO2)C(C)c1ccccc1. The summed E-state index contributed by atoms with van der Waals surface area (Å²) >= 11 is 0. The van der Waals surface area contributed by atoms with Gasteiger partial charge < -0.3 is 14.4 Å². The normalized spacial score (nSPS) is 13.7. The zero-order chi connectivity index (χ0) is 16.2. The van der Waals surface area contributed by atoms with Crippen LogP contribution in [0.5, 0.6) is 11.5 Å². The van der Waals surface area contributed by atoms with E-state index >= 15 is 0 Å². The number of carbonyl (C=O) groups is 1. The van der Waals surface area contributed by atoms with Crippen LogP contribution < -0.4 is 9.47 Å². The number of hydrogen-bond donors (Lipinski definition) is 0. The summed E-state index contributed by atoms with van der Waals surface area (Å²) in [5.74, 6) is 1.65. The Balaban J connectivity index is 1.83. The predicted octanol–water partition coefficient (Wildman–Crippen LogP) is 3.92. The first-order valence-corrected chi connectivity index (χ1v) is 7.92. The van der Waals surface area contributed by atoms with Crippen LogP contribution >= 0.6 is 0 Å². The number of carbonyl (C=O) groups excluding carboxylic acids is 1. The molecular weight excluding hydrogens is 290 g/mol. The Bertz CT molecular complexity index is 684. The topological polar surface area (TPSA) is 38.8 Å². The molecule has 4 heteroatoms. The van der Waals surface area contributed by atoms with Crippen LogP contribution in [-0.2, 0) is 11.3 Å². The molecular formula is C19H21NO3. The predicted molar refractivity (Wildman–Crippen MR) is 88.3 cm³/mol. The molecule has 3 rings (SSSR count). The van der Waals surface area contributed by atoms with Gasteiger partial charge in [-0.15, -0.1) is 0 Å². The lowest BCUT2D eigenvalue weighted by Crippen LogP contribution is -2.32. The average molecular weight is 311 g/mol. The molecule has 1 aliphatic rings. The Morgan fingerprint density at radius 1 is 1.13 bits per heavy atom. The van der Waals surface area contributed by atoms with Crippen molar-refractivity contribution in [2.75, 3.05) is 6.79 Å². The van der Waals surface area contributed by atoms with Crippen molar-refractivity contribution in [1.29, 1.82) is 0 Å². The van der Waals surface area contributed by atoms with Gasteiger partial charge in [0.2, 0.25) is 12.7 Å². The lowest BCUT2D eigenvalue weighted by atomic mass is 10.1. The van der Waals surface area contributed by atoms with Crippen molar-refractivity contribution < 1.29 is 14.3 Å². The molecule has 0 aliphatic carbocycles. The monoisotopic (exact) mass is 311 g/mol. The number of rotatable bonds is 5. The second kappa shape index (κ2) is 6.73. The largest absolute Gasteiger partial charge is 0.454 e. The van der Waals surface area contributed by atoms with Gasteiger partial charge in [-0.1, -0.05) is 43.3 Å². The minimum atomic E-state index is 0.0223. The van der Waals surface area contributed by atoms with Crippen LogP contribution in [0.3, 0.4) is 0 Å². The van der Waals surface area contributed by atoms with Gasteiger partial charge in [-0.3, -0.25) is 4.79 Å². The highest BCUT2D eigenvalue weighted by Gasteiger charge is 2.21. The number of amides is 1. The van der Waals surface area contributed by atoms with E-state index < -0.39 is 0 Å². The van der Waals surface area contributed by atoms with Gasteiger partial charge in [0.25, 0.3) is 0 Å². The Hall–Kier alpha value is -2.49. The first kappa shape index (κ1) is 15.4. The summed E-state index contributed by atoms with van der Waals surface area (Å²) in [7, 11) is 0. The fraction of sp³-hybridized carbons (Fsp3) is 0.316. The fourth-order valence-electron chi connectivity index (χ4n) is 2.79. The van der Waals surface area contributed by atoms with E-state index in [9.17, 15) is 4.79 Å². The van der Waals surface area contributed by atoms with E-state index in [1.54, 1.807) is 0 Å². The summed E-state index contributed by atoms with van der Waals surface area (Å²) in [5, 5.41) is 0. The molecule has 0 saturated heterocycles. The van der Waals surface area contributed by atoms with Crippen LogP contribution in [0.4, 0.5) is 0 Å². The molecule has 23 heavy (non-hydrogen) atoms. The van der Waals surface area contributed by atoms with Crippen LogP contribution in [-0.4, -0.2) is 17.6 Å². The van der Waals surface area contributed by atoms with Crippen LogP contribution in [0.15, 0.2) is 48.5 Å². The van der Waals surface area contributed by atoms with Crippen LogP contribution in [0.1, 0.15) is 37.4 Å². The highest BCUT2D eigenvalue weighted by molar-refractivity contribution is 5.76. The maximum absolute atomic E-state index is 12.4. The lowest BCUT2D eigenvalue weighted by Gasteiger charge is -2.29. The number of nitrogens with zero attached hydrogens (tertiary/aromatic N) is 1. The third-order valence-corrected chi connectivity index (χ3v) is 4.16. The molecule has 2 aromatic carbocycles. The van der Waals surface area contributed by atoms with Gasteiger partial charge in [0, 0.05) is 13.0 Å². The second-order valence-corrected chi connectivity index (χ2v) is 5.65. The molecule has 0 spiro atoms. The molecule has 1 unspecified atom stereocenters. The standard InChI is InChI=1S/C19H21NO3/c1-3-19(21)20(14(2)16-7-5-4-6-8-16)12-15-9-10-17-18(11-15)23-13-22-17/h4-11,14H,3,12-13H2,1-2H3. The molecule has 4 nitrogen and oxygen atoms in total. The summed E-state index contributed by atoms with van der Waals surface area (Å²) in [6.07, 6.45) is 0.488. The highest BCUT2D eigenvalue weighted by Crippen LogP contribution is 2.33. The van der Waals surface area contributed by atoms with E-state index in [0.717, 1.165) is 22.6 Å². The quantitative estimate of drug-likeness (QED) is 0.840. The Morgan fingerprint density at radius 2 is 1.87 bits per heavy atom. The van der Waals surface area contributed by atoms with Crippen molar-refractivity contribution in [3.63, 3.8) is 0 Å². The summed E-state index contributed by atoms with van der Waals surface area (Å²) in [6, 6.07) is 16.0. The number of hydrogen-bond acceptors (Lipinski definition) is 3. The van der Waals surface area contributed by atoms with E-state index in [2.05, 4.69) is 19.1 Å². The minimum Gasteiger partial charge on any atom is -0.454 e. The van der Waals surface area contributed by atoms with Crippen LogP contribution in [0.25, 0.3) is 0 Å². The van der Waals surface area contributed by atoms with Crippen molar-refractivity contribution in [1.82, 2.24) is 4.90 Å². The van der Waals surface area contributed by atoms with Gasteiger partial charge in [0.05, 0.1) is 6.04 Å². The van der Waals surface area contributed by atoms with Gasteiger partial charge in [-0.25, -0.2) is 0 Å². The van der Waals surface area contributed by atoms with E-state index in [1.165, 1.54) is 0 Å². The summed E-state index contributed by atoms with van der Waals surface area (Å²) in [4.78, 5) is 14.3. The van der Waals surface area contributed by atoms with Gasteiger partial charge in [0.1, 0.15) is 0 Å². The number of ether oxygens (including phenoxy) is 2. The first-order chi connectivity index (χ1) is 11.2. The zero-order valence-corrected chi connectivity index (χ0v) is 13.5. The molecule has 1 aliphatic heterocycles. The fourth-order valence-corrected chi connectivity index (χ4v) is 2.79. The van der Waals surface area contributed by atoms with Crippen molar-refractivity contribution in [2.45, 2.75) is 32.9 Å². The van der Waals surface area contributed by atoms with Gasteiger partial charge in [-0.05, 0) is 30.2 Å². The first-order valence-electron chi connectivity index (χ1n) is 7.92. The third-order valence-electron chi connectivity index (χ3n) is 4.16. The highest BCUT2D eigenvalue weighted by atomic mass is 16.7. The maximum atomic E-state index is 12.4. The maximum Gasteiger partial charge on any atom is 0.231 e. The van der Waals surface area contributed by atoms with Crippen molar-refractivity contribution in [3.05, 3.63) is 59.7 Å². The molecule has 1 atom stereocenters. The van der Waals surface area contributed by atoms with Gasteiger partial charge in [0.15, 0.2) is 11.5 Å². The Kier molecular flexibility index (Phi) is 4.51. The second-order valence-electron chi connectivity index (χ2n) is 5.65. The van der Waals surface area contributed by atoms with E-state index in [1.807, 2.05) is 48.2 Å². The van der Waals surface area contributed by atoms with Crippen molar-refractivity contribution in [2.24, 2.45) is 0 Å². The molecule has 120 valence electrons. The molecule has 0 N–H and O–H groups in total. The molecule has 2 aromatic rings. The zero-order valence-electron chi connectivity index (χ0n) is 13.5. The van der Waals surface area contributed by atoms with Gasteiger partial charge >= 0.3 is 0 Å².